The van der Waals surface area contributed by atoms with Gasteiger partial charge in [-0.2, -0.15) is 0 Å². The Kier molecular flexibility index (Phi) is 5.94. The molecular weight excluding hydrogens is 210 g/mol. The molecule has 0 radical (unpaired) electrons. The molecule has 1 fully saturated rings. The molecule has 3 unspecified atom stereocenters. The Morgan fingerprint density at radius 3 is 2.53 bits per heavy atom. The van der Waals surface area contributed by atoms with E-state index in [2.05, 4.69) is 27.7 Å². The summed E-state index contributed by atoms with van der Waals surface area (Å²) in [6.45, 7) is 9.91. The van der Waals surface area contributed by atoms with Crippen LogP contribution in [0.4, 0.5) is 0 Å². The molecule has 2 nitrogen and oxygen atoms in total. The maximum Gasteiger partial charge on any atom is 0.0728 e. The SMILES string of the molecule is CCCC1CCC(N)C(OCCC(C)(C)C)C1. The molecule has 1 saturated carbocycles. The summed E-state index contributed by atoms with van der Waals surface area (Å²) in [6.07, 6.45) is 7.68. The maximum atomic E-state index is 6.16. The summed E-state index contributed by atoms with van der Waals surface area (Å²) in [5.74, 6) is 0.847. The van der Waals surface area contributed by atoms with E-state index in [1.54, 1.807) is 0 Å². The molecule has 0 bridgehead atoms. The highest BCUT2D eigenvalue weighted by Gasteiger charge is 2.28. The Morgan fingerprint density at radius 2 is 1.94 bits per heavy atom. The first-order valence-electron chi connectivity index (χ1n) is 7.29. The summed E-state index contributed by atoms with van der Waals surface area (Å²) in [4.78, 5) is 0. The van der Waals surface area contributed by atoms with E-state index in [9.17, 15) is 0 Å². The van der Waals surface area contributed by atoms with E-state index in [0.717, 1.165) is 25.4 Å². The maximum absolute atomic E-state index is 6.16. The summed E-state index contributed by atoms with van der Waals surface area (Å²) in [7, 11) is 0. The van der Waals surface area contributed by atoms with Crippen LogP contribution in [0.2, 0.25) is 0 Å². The predicted octanol–water partition coefficient (Wildman–Crippen LogP) is 3.74. The fourth-order valence-corrected chi connectivity index (χ4v) is 2.61. The Hall–Kier alpha value is -0.0800. The van der Waals surface area contributed by atoms with E-state index < -0.39 is 0 Å². The minimum Gasteiger partial charge on any atom is -0.377 e. The fraction of sp³-hybridized carbons (Fsp3) is 1.00. The molecule has 0 amide bonds. The molecule has 1 aliphatic carbocycles. The first-order chi connectivity index (χ1) is 7.92. The molecule has 0 spiro atoms. The van der Waals surface area contributed by atoms with Crippen LogP contribution in [-0.4, -0.2) is 18.8 Å². The zero-order valence-corrected chi connectivity index (χ0v) is 12.2. The average molecular weight is 241 g/mol. The van der Waals surface area contributed by atoms with Gasteiger partial charge in [0.25, 0.3) is 0 Å². The van der Waals surface area contributed by atoms with Crippen molar-refractivity contribution in [3.8, 4) is 0 Å². The molecule has 2 heteroatoms. The summed E-state index contributed by atoms with van der Waals surface area (Å²) in [5.41, 5.74) is 6.52. The topological polar surface area (TPSA) is 35.2 Å². The Balaban J connectivity index is 2.29. The highest BCUT2D eigenvalue weighted by Crippen LogP contribution is 2.29. The molecule has 0 aromatic rings. The molecule has 17 heavy (non-hydrogen) atoms. The van der Waals surface area contributed by atoms with Gasteiger partial charge in [-0.25, -0.2) is 0 Å². The van der Waals surface area contributed by atoms with Gasteiger partial charge in [-0.1, -0.05) is 40.5 Å². The van der Waals surface area contributed by atoms with Crippen LogP contribution in [0.1, 0.15) is 66.2 Å². The van der Waals surface area contributed by atoms with Crippen molar-refractivity contribution in [3.63, 3.8) is 0 Å². The first-order valence-corrected chi connectivity index (χ1v) is 7.29. The van der Waals surface area contributed by atoms with Crippen LogP contribution in [0.25, 0.3) is 0 Å². The molecule has 0 heterocycles. The van der Waals surface area contributed by atoms with E-state index in [-0.39, 0.29) is 6.04 Å². The normalized spacial score (nSPS) is 30.5. The largest absolute Gasteiger partial charge is 0.377 e. The zero-order valence-electron chi connectivity index (χ0n) is 12.2. The highest BCUT2D eigenvalue weighted by molar-refractivity contribution is 4.83. The lowest BCUT2D eigenvalue weighted by molar-refractivity contribution is -0.0110. The van der Waals surface area contributed by atoms with Crippen LogP contribution in [0.3, 0.4) is 0 Å². The molecule has 102 valence electrons. The summed E-state index contributed by atoms with van der Waals surface area (Å²) >= 11 is 0. The van der Waals surface area contributed by atoms with E-state index in [0.29, 0.717) is 11.5 Å². The van der Waals surface area contributed by atoms with Crippen molar-refractivity contribution < 1.29 is 4.74 Å². The first kappa shape index (κ1) is 15.0. The number of nitrogens with two attached hydrogens (primary N) is 1. The standard InChI is InChI=1S/C15H31NO/c1-5-6-12-7-8-13(16)14(11-12)17-10-9-15(2,3)4/h12-14H,5-11,16H2,1-4H3. The molecular formula is C15H31NO. The molecule has 1 aliphatic rings. The third kappa shape index (κ3) is 5.87. The number of hydrogen-bond acceptors (Lipinski definition) is 2. The molecule has 3 atom stereocenters. The monoisotopic (exact) mass is 241 g/mol. The number of rotatable bonds is 5. The molecule has 0 saturated heterocycles. The van der Waals surface area contributed by atoms with Gasteiger partial charge in [0, 0.05) is 12.6 Å². The lowest BCUT2D eigenvalue weighted by Crippen LogP contribution is -2.42. The second kappa shape index (κ2) is 6.75. The smallest absolute Gasteiger partial charge is 0.0728 e. The number of hydrogen-bond donors (Lipinski definition) is 1. The van der Waals surface area contributed by atoms with Gasteiger partial charge in [0.15, 0.2) is 0 Å². The Bertz CT molecular complexity index is 209. The minimum absolute atomic E-state index is 0.267. The van der Waals surface area contributed by atoms with Crippen LogP contribution in [0.15, 0.2) is 0 Å². The molecule has 0 aromatic heterocycles. The van der Waals surface area contributed by atoms with E-state index in [1.807, 2.05) is 0 Å². The summed E-state index contributed by atoms with van der Waals surface area (Å²) in [5, 5.41) is 0. The van der Waals surface area contributed by atoms with E-state index in [4.69, 9.17) is 10.5 Å². The molecule has 1 rings (SSSR count). The fourth-order valence-electron chi connectivity index (χ4n) is 2.61. The molecule has 0 aliphatic heterocycles. The van der Waals surface area contributed by atoms with Gasteiger partial charge in [-0.3, -0.25) is 0 Å². The van der Waals surface area contributed by atoms with Crippen molar-refractivity contribution >= 4 is 0 Å². The van der Waals surface area contributed by atoms with Crippen LogP contribution < -0.4 is 5.73 Å². The third-order valence-corrected chi connectivity index (χ3v) is 3.83. The third-order valence-electron chi connectivity index (χ3n) is 3.83. The average Bonchev–Trinajstić information content (AvgIpc) is 2.21. The van der Waals surface area contributed by atoms with E-state index >= 15 is 0 Å². The molecule has 0 aromatic carbocycles. The van der Waals surface area contributed by atoms with Crippen molar-refractivity contribution in [2.75, 3.05) is 6.61 Å². The highest BCUT2D eigenvalue weighted by atomic mass is 16.5. The predicted molar refractivity (Wildman–Crippen MR) is 74.0 cm³/mol. The van der Waals surface area contributed by atoms with E-state index in [1.165, 1.54) is 25.7 Å². The lowest BCUT2D eigenvalue weighted by atomic mass is 9.82. The lowest BCUT2D eigenvalue weighted by Gasteiger charge is -2.34. The van der Waals surface area contributed by atoms with Crippen LogP contribution in [-0.2, 0) is 4.74 Å². The van der Waals surface area contributed by atoms with Crippen LogP contribution in [0.5, 0.6) is 0 Å². The van der Waals surface area contributed by atoms with Crippen molar-refractivity contribution in [1.29, 1.82) is 0 Å². The summed E-state index contributed by atoms with van der Waals surface area (Å²) < 4.78 is 6.02. The second-order valence-corrected chi connectivity index (χ2v) is 6.85. The van der Waals surface area contributed by atoms with Gasteiger partial charge in [0.05, 0.1) is 6.10 Å². The quantitative estimate of drug-likeness (QED) is 0.796. The minimum atomic E-state index is 0.267. The summed E-state index contributed by atoms with van der Waals surface area (Å²) in [6, 6.07) is 0.267. The van der Waals surface area contributed by atoms with Crippen LogP contribution >= 0.6 is 0 Å². The van der Waals surface area contributed by atoms with Crippen LogP contribution in [0, 0.1) is 11.3 Å². The van der Waals surface area contributed by atoms with Gasteiger partial charge in [0.1, 0.15) is 0 Å². The zero-order chi connectivity index (χ0) is 12.9. The van der Waals surface area contributed by atoms with Gasteiger partial charge in [0.2, 0.25) is 0 Å². The van der Waals surface area contributed by atoms with Gasteiger partial charge in [-0.05, 0) is 37.0 Å². The Morgan fingerprint density at radius 1 is 1.24 bits per heavy atom. The van der Waals surface area contributed by atoms with Gasteiger partial charge < -0.3 is 10.5 Å². The molecule has 2 N–H and O–H groups in total. The Labute approximate surface area is 107 Å². The number of ether oxygens (including phenoxy) is 1. The van der Waals surface area contributed by atoms with Crippen molar-refractivity contribution in [3.05, 3.63) is 0 Å². The second-order valence-electron chi connectivity index (χ2n) is 6.85. The van der Waals surface area contributed by atoms with Crippen molar-refractivity contribution in [2.24, 2.45) is 17.1 Å². The van der Waals surface area contributed by atoms with Gasteiger partial charge in [-0.15, -0.1) is 0 Å². The van der Waals surface area contributed by atoms with Crippen molar-refractivity contribution in [1.82, 2.24) is 0 Å². The van der Waals surface area contributed by atoms with Crippen molar-refractivity contribution in [2.45, 2.75) is 78.4 Å². The van der Waals surface area contributed by atoms with Gasteiger partial charge >= 0.3 is 0 Å².